The molecule has 1 aliphatic heterocycles. The molecule has 1 N–H and O–H groups in total. The van der Waals surface area contributed by atoms with Crippen molar-refractivity contribution in [2.75, 3.05) is 5.32 Å². The van der Waals surface area contributed by atoms with Gasteiger partial charge in [0.05, 0.1) is 16.6 Å². The first-order valence-corrected chi connectivity index (χ1v) is 8.61. The van der Waals surface area contributed by atoms with Gasteiger partial charge in [-0.2, -0.15) is 5.10 Å². The third-order valence-electron chi connectivity index (χ3n) is 5.77. The molecule has 1 fully saturated rings. The Hall–Kier alpha value is -2.69. The van der Waals surface area contributed by atoms with E-state index >= 15 is 0 Å². The summed E-state index contributed by atoms with van der Waals surface area (Å²) in [5.74, 6) is -0.229. The second-order valence-corrected chi connectivity index (χ2v) is 7.07. The Morgan fingerprint density at radius 3 is 2.96 bits per heavy atom. The summed E-state index contributed by atoms with van der Waals surface area (Å²) in [5.41, 5.74) is 4.20. The summed E-state index contributed by atoms with van der Waals surface area (Å²) in [6.45, 7) is 2.10. The van der Waals surface area contributed by atoms with E-state index in [2.05, 4.69) is 35.5 Å². The van der Waals surface area contributed by atoms with Gasteiger partial charge in [0.2, 0.25) is 5.91 Å². The summed E-state index contributed by atoms with van der Waals surface area (Å²) < 4.78 is 15.6. The predicted molar refractivity (Wildman–Crippen MR) is 94.2 cm³/mol. The van der Waals surface area contributed by atoms with Crippen molar-refractivity contribution in [3.8, 4) is 0 Å². The number of aromatic nitrogens is 2. The number of nitrogens with zero attached hydrogens (tertiary/aromatic N) is 2. The number of carbonyl (C=O) groups excluding carboxylic acids is 1. The highest BCUT2D eigenvalue weighted by atomic mass is 19.1. The third-order valence-corrected chi connectivity index (χ3v) is 5.77. The minimum atomic E-state index is -0.614. The molecular formula is C20H18FN3O. The molecule has 1 saturated carbocycles. The quantitative estimate of drug-likeness (QED) is 0.777. The molecular weight excluding hydrogens is 317 g/mol. The van der Waals surface area contributed by atoms with Gasteiger partial charge in [0.15, 0.2) is 0 Å². The van der Waals surface area contributed by atoms with Crippen LogP contribution in [0, 0.1) is 5.82 Å². The molecule has 2 aromatic carbocycles. The Morgan fingerprint density at radius 1 is 1.32 bits per heavy atom. The van der Waals surface area contributed by atoms with Crippen LogP contribution in [0.1, 0.15) is 36.1 Å². The number of nitrogens with one attached hydrogen (secondary N) is 1. The number of rotatable bonds is 2. The lowest BCUT2D eigenvalue weighted by molar-refractivity contribution is -0.118. The molecule has 0 radical (unpaired) electrons. The molecule has 1 amide bonds. The van der Waals surface area contributed by atoms with E-state index in [1.54, 1.807) is 6.07 Å². The molecule has 1 spiro atoms. The van der Waals surface area contributed by atoms with Crippen LogP contribution < -0.4 is 5.32 Å². The van der Waals surface area contributed by atoms with Crippen LogP contribution in [-0.4, -0.2) is 15.7 Å². The molecule has 25 heavy (non-hydrogen) atoms. The zero-order valence-electron chi connectivity index (χ0n) is 14.1. The van der Waals surface area contributed by atoms with Gasteiger partial charge in [-0.25, -0.2) is 4.39 Å². The maximum atomic E-state index is 13.7. The van der Waals surface area contributed by atoms with Crippen molar-refractivity contribution in [3.63, 3.8) is 0 Å². The maximum absolute atomic E-state index is 13.7. The lowest BCUT2D eigenvalue weighted by Gasteiger charge is -2.09. The maximum Gasteiger partial charge on any atom is 0.235 e. The number of hydrogen-bond acceptors (Lipinski definition) is 2. The first kappa shape index (κ1) is 14.6. The van der Waals surface area contributed by atoms with Crippen molar-refractivity contribution in [1.82, 2.24) is 9.78 Å². The average molecular weight is 335 g/mol. The van der Waals surface area contributed by atoms with Gasteiger partial charge >= 0.3 is 0 Å². The van der Waals surface area contributed by atoms with E-state index in [0.717, 1.165) is 46.3 Å². The van der Waals surface area contributed by atoms with Crippen LogP contribution in [0.4, 0.5) is 10.1 Å². The topological polar surface area (TPSA) is 46.9 Å². The molecule has 126 valence electrons. The van der Waals surface area contributed by atoms with Crippen molar-refractivity contribution in [2.45, 2.75) is 31.1 Å². The number of aryl methyl sites for hydroxylation is 2. The van der Waals surface area contributed by atoms with E-state index in [9.17, 15) is 9.18 Å². The molecule has 2 atom stereocenters. The van der Waals surface area contributed by atoms with E-state index in [-0.39, 0.29) is 17.6 Å². The number of amides is 1. The van der Waals surface area contributed by atoms with Crippen LogP contribution in [0.3, 0.4) is 0 Å². The smallest absolute Gasteiger partial charge is 0.235 e. The lowest BCUT2D eigenvalue weighted by Crippen LogP contribution is -2.21. The Labute approximate surface area is 144 Å². The highest BCUT2D eigenvalue weighted by Gasteiger charge is 2.65. The van der Waals surface area contributed by atoms with Crippen molar-refractivity contribution in [3.05, 3.63) is 59.0 Å². The summed E-state index contributed by atoms with van der Waals surface area (Å²) in [4.78, 5) is 12.6. The van der Waals surface area contributed by atoms with Gasteiger partial charge in [-0.15, -0.1) is 0 Å². The fraction of sp³-hybridized carbons (Fsp3) is 0.300. The molecule has 1 aliphatic carbocycles. The van der Waals surface area contributed by atoms with Crippen molar-refractivity contribution >= 4 is 22.5 Å². The van der Waals surface area contributed by atoms with Crippen LogP contribution in [0.2, 0.25) is 0 Å². The summed E-state index contributed by atoms with van der Waals surface area (Å²) in [6.07, 6.45) is 1.61. The first-order chi connectivity index (χ1) is 12.0. The average Bonchev–Trinajstić information content (AvgIpc) is 3.21. The second kappa shape index (κ2) is 4.69. The van der Waals surface area contributed by atoms with Gasteiger partial charge < -0.3 is 5.32 Å². The molecule has 0 bridgehead atoms. The molecule has 1 aromatic heterocycles. The molecule has 5 rings (SSSR count). The standard InChI is InChI=1S/C20H18FN3O/c1-3-16-13-6-4-11(8-18(13)24(2)23-16)15-10-20(15)14-9-12(21)5-7-17(14)22-19(20)25/h4-9,15H,3,10H2,1-2H3,(H,22,25). The molecule has 4 nitrogen and oxygen atoms in total. The van der Waals surface area contributed by atoms with Gasteiger partial charge in [-0.1, -0.05) is 19.1 Å². The van der Waals surface area contributed by atoms with Crippen LogP contribution in [-0.2, 0) is 23.7 Å². The van der Waals surface area contributed by atoms with E-state index < -0.39 is 5.41 Å². The molecule has 2 aliphatic rings. The van der Waals surface area contributed by atoms with Gasteiger partial charge in [0.1, 0.15) is 5.82 Å². The zero-order valence-corrected chi connectivity index (χ0v) is 14.1. The zero-order chi connectivity index (χ0) is 17.3. The number of fused-ring (bicyclic) bond motifs is 3. The van der Waals surface area contributed by atoms with Crippen molar-refractivity contribution in [2.24, 2.45) is 7.05 Å². The molecule has 0 saturated heterocycles. The Morgan fingerprint density at radius 2 is 2.16 bits per heavy atom. The second-order valence-electron chi connectivity index (χ2n) is 7.07. The fourth-order valence-electron chi connectivity index (χ4n) is 4.39. The van der Waals surface area contributed by atoms with Crippen LogP contribution >= 0.6 is 0 Å². The number of carbonyl (C=O) groups is 1. The van der Waals surface area contributed by atoms with Gasteiger partial charge in [0.25, 0.3) is 0 Å². The summed E-state index contributed by atoms with van der Waals surface area (Å²) >= 11 is 0. The number of hydrogen-bond donors (Lipinski definition) is 1. The van der Waals surface area contributed by atoms with Gasteiger partial charge in [-0.05, 0) is 48.2 Å². The third kappa shape index (κ3) is 1.81. The Bertz CT molecular complexity index is 1050. The number of anilines is 1. The van der Waals surface area contributed by atoms with E-state index in [1.165, 1.54) is 12.1 Å². The normalized spacial score (nSPS) is 24.0. The molecule has 5 heteroatoms. The van der Waals surface area contributed by atoms with E-state index in [0.29, 0.717) is 0 Å². The highest BCUT2D eigenvalue weighted by Crippen LogP contribution is 2.65. The predicted octanol–water partition coefficient (Wildman–Crippen LogP) is 3.65. The molecule has 3 aromatic rings. The lowest BCUT2D eigenvalue weighted by atomic mass is 9.91. The van der Waals surface area contributed by atoms with Crippen molar-refractivity contribution < 1.29 is 9.18 Å². The van der Waals surface area contributed by atoms with E-state index in [1.807, 2.05) is 11.7 Å². The largest absolute Gasteiger partial charge is 0.325 e. The summed E-state index contributed by atoms with van der Waals surface area (Å²) in [7, 11) is 1.95. The first-order valence-electron chi connectivity index (χ1n) is 8.61. The van der Waals surface area contributed by atoms with Crippen LogP contribution in [0.5, 0.6) is 0 Å². The number of benzene rings is 2. The van der Waals surface area contributed by atoms with Gasteiger partial charge in [0, 0.05) is 24.0 Å². The fourth-order valence-corrected chi connectivity index (χ4v) is 4.39. The number of halogens is 1. The summed E-state index contributed by atoms with van der Waals surface area (Å²) in [5, 5.41) is 8.64. The SMILES string of the molecule is CCc1nn(C)c2cc(C3CC34C(=O)Nc3ccc(F)cc34)ccc12. The van der Waals surface area contributed by atoms with Gasteiger partial charge in [-0.3, -0.25) is 9.48 Å². The van der Waals surface area contributed by atoms with Crippen LogP contribution in [0.25, 0.3) is 10.9 Å². The minimum absolute atomic E-state index is 0.0162. The summed E-state index contributed by atoms with van der Waals surface area (Å²) in [6, 6.07) is 10.9. The Balaban J connectivity index is 1.61. The molecule has 2 heterocycles. The highest BCUT2D eigenvalue weighted by molar-refractivity contribution is 6.09. The Kier molecular flexibility index (Phi) is 2.74. The monoisotopic (exact) mass is 335 g/mol. The van der Waals surface area contributed by atoms with E-state index in [4.69, 9.17) is 0 Å². The molecule has 2 unspecified atom stereocenters. The minimum Gasteiger partial charge on any atom is -0.325 e. The van der Waals surface area contributed by atoms with Crippen molar-refractivity contribution in [1.29, 1.82) is 0 Å². The van der Waals surface area contributed by atoms with Crippen LogP contribution in [0.15, 0.2) is 36.4 Å².